The Morgan fingerprint density at radius 2 is 1.33 bits per heavy atom. The number of hydrogen-bond acceptors (Lipinski definition) is 1. The fourth-order valence-electron chi connectivity index (χ4n) is 2.32. The van der Waals surface area contributed by atoms with Crippen molar-refractivity contribution in [2.45, 2.75) is 4.90 Å². The Morgan fingerprint density at radius 3 is 2.06 bits per heavy atom. The minimum absolute atomic E-state index is 1.28. The molecule has 0 aliphatic rings. The van der Waals surface area contributed by atoms with Gasteiger partial charge in [0, 0.05) is 4.90 Å². The lowest BCUT2D eigenvalue weighted by molar-refractivity contribution is 1.54. The van der Waals surface area contributed by atoms with Crippen LogP contribution in [0.15, 0.2) is 71.6 Å². The molecule has 18 heavy (non-hydrogen) atoms. The monoisotopic (exact) mass is 250 g/mol. The first kappa shape index (κ1) is 11.4. The Morgan fingerprint density at radius 1 is 0.667 bits per heavy atom. The van der Waals surface area contributed by atoms with Crippen LogP contribution in [0.4, 0.5) is 0 Å². The van der Waals surface area contributed by atoms with Crippen LogP contribution in [0.1, 0.15) is 0 Å². The molecule has 3 aromatic rings. The van der Waals surface area contributed by atoms with Gasteiger partial charge in [0.25, 0.3) is 0 Å². The molecule has 0 saturated heterocycles. The summed E-state index contributed by atoms with van der Waals surface area (Å²) in [6.45, 7) is 0. The molecule has 0 unspecified atom stereocenters. The summed E-state index contributed by atoms with van der Waals surface area (Å²) >= 11 is 1.80. The van der Waals surface area contributed by atoms with Gasteiger partial charge >= 0.3 is 0 Å². The van der Waals surface area contributed by atoms with Crippen LogP contribution in [0, 0.1) is 0 Å². The Labute approximate surface area is 112 Å². The molecule has 0 nitrogen and oxygen atoms in total. The van der Waals surface area contributed by atoms with Crippen molar-refractivity contribution in [3.8, 4) is 11.1 Å². The first-order valence-electron chi connectivity index (χ1n) is 6.01. The number of fused-ring (bicyclic) bond motifs is 1. The van der Waals surface area contributed by atoms with Crippen LogP contribution in [0.5, 0.6) is 0 Å². The van der Waals surface area contributed by atoms with Crippen molar-refractivity contribution in [3.63, 3.8) is 0 Å². The predicted octanol–water partition coefficient (Wildman–Crippen LogP) is 5.23. The molecular weight excluding hydrogens is 236 g/mol. The highest BCUT2D eigenvalue weighted by Crippen LogP contribution is 2.34. The minimum Gasteiger partial charge on any atom is -0.129 e. The summed E-state index contributed by atoms with van der Waals surface area (Å²) in [5.74, 6) is 0. The zero-order valence-corrected chi connectivity index (χ0v) is 11.1. The van der Waals surface area contributed by atoms with E-state index in [0.717, 1.165) is 0 Å². The van der Waals surface area contributed by atoms with E-state index in [4.69, 9.17) is 0 Å². The van der Waals surface area contributed by atoms with Crippen LogP contribution in [0.2, 0.25) is 0 Å². The van der Waals surface area contributed by atoms with E-state index in [0.29, 0.717) is 0 Å². The van der Waals surface area contributed by atoms with E-state index in [-0.39, 0.29) is 0 Å². The lowest BCUT2D eigenvalue weighted by Gasteiger charge is -2.10. The molecule has 3 aromatic carbocycles. The maximum Gasteiger partial charge on any atom is 0.0148 e. The van der Waals surface area contributed by atoms with E-state index in [1.54, 1.807) is 11.8 Å². The molecule has 0 radical (unpaired) electrons. The first-order valence-corrected chi connectivity index (χ1v) is 7.24. The molecular formula is C17H14S. The van der Waals surface area contributed by atoms with Gasteiger partial charge < -0.3 is 0 Å². The smallest absolute Gasteiger partial charge is 0.0148 e. The molecule has 0 bridgehead atoms. The third kappa shape index (κ3) is 1.91. The maximum absolute atomic E-state index is 2.23. The van der Waals surface area contributed by atoms with Gasteiger partial charge in [-0.25, -0.2) is 0 Å². The van der Waals surface area contributed by atoms with Crippen LogP contribution in [-0.2, 0) is 0 Å². The second-order valence-electron chi connectivity index (χ2n) is 4.23. The largest absolute Gasteiger partial charge is 0.129 e. The summed E-state index contributed by atoms with van der Waals surface area (Å²) in [6.07, 6.45) is 2.13. The molecule has 0 aliphatic heterocycles. The third-order valence-electron chi connectivity index (χ3n) is 3.19. The molecule has 0 saturated carbocycles. The van der Waals surface area contributed by atoms with Gasteiger partial charge in [-0.3, -0.25) is 0 Å². The molecule has 0 amide bonds. The molecule has 3 rings (SSSR count). The minimum atomic E-state index is 1.28. The van der Waals surface area contributed by atoms with Gasteiger partial charge in [0.15, 0.2) is 0 Å². The van der Waals surface area contributed by atoms with E-state index >= 15 is 0 Å². The molecule has 0 aliphatic carbocycles. The standard InChI is InChI=1S/C17H14S/c1-18-17-12-11-14(13-7-3-2-4-8-13)15-9-5-6-10-16(15)17/h2-12H,1H3. The fraction of sp³-hybridized carbons (Fsp3) is 0.0588. The van der Waals surface area contributed by atoms with Crippen molar-refractivity contribution in [1.29, 1.82) is 0 Å². The van der Waals surface area contributed by atoms with Crippen LogP contribution < -0.4 is 0 Å². The molecule has 0 N–H and O–H groups in total. The highest BCUT2D eigenvalue weighted by Gasteiger charge is 2.06. The maximum atomic E-state index is 2.23. The van der Waals surface area contributed by atoms with E-state index in [1.165, 1.54) is 26.8 Å². The average Bonchev–Trinajstić information content (AvgIpc) is 2.47. The third-order valence-corrected chi connectivity index (χ3v) is 3.98. The number of hydrogen-bond donors (Lipinski definition) is 0. The van der Waals surface area contributed by atoms with E-state index in [2.05, 4.69) is 73.0 Å². The second-order valence-corrected chi connectivity index (χ2v) is 5.08. The number of thioether (sulfide) groups is 1. The normalized spacial score (nSPS) is 10.7. The van der Waals surface area contributed by atoms with Crippen LogP contribution in [0.25, 0.3) is 21.9 Å². The summed E-state index contributed by atoms with van der Waals surface area (Å²) in [4.78, 5) is 1.34. The molecule has 0 aromatic heterocycles. The summed E-state index contributed by atoms with van der Waals surface area (Å²) in [5, 5.41) is 2.67. The number of benzene rings is 3. The predicted molar refractivity (Wildman–Crippen MR) is 81.2 cm³/mol. The Bertz CT molecular complexity index is 672. The van der Waals surface area contributed by atoms with Gasteiger partial charge in [-0.05, 0) is 34.2 Å². The fourth-order valence-corrected chi connectivity index (χ4v) is 2.92. The molecule has 0 spiro atoms. The average molecular weight is 250 g/mol. The molecule has 88 valence electrons. The van der Waals surface area contributed by atoms with Crippen molar-refractivity contribution >= 4 is 22.5 Å². The summed E-state index contributed by atoms with van der Waals surface area (Å²) in [6, 6.07) is 23.6. The van der Waals surface area contributed by atoms with Gasteiger partial charge in [-0.15, -0.1) is 11.8 Å². The molecule has 0 heterocycles. The summed E-state index contributed by atoms with van der Waals surface area (Å²) < 4.78 is 0. The number of rotatable bonds is 2. The van der Waals surface area contributed by atoms with Crippen molar-refractivity contribution < 1.29 is 0 Å². The van der Waals surface area contributed by atoms with Gasteiger partial charge in [0.2, 0.25) is 0 Å². The highest BCUT2D eigenvalue weighted by molar-refractivity contribution is 7.98. The van der Waals surface area contributed by atoms with Gasteiger partial charge in [-0.1, -0.05) is 60.7 Å². The van der Waals surface area contributed by atoms with E-state index in [9.17, 15) is 0 Å². The van der Waals surface area contributed by atoms with Crippen LogP contribution in [0.3, 0.4) is 0 Å². The van der Waals surface area contributed by atoms with E-state index < -0.39 is 0 Å². The highest BCUT2D eigenvalue weighted by atomic mass is 32.2. The van der Waals surface area contributed by atoms with Crippen molar-refractivity contribution in [1.82, 2.24) is 0 Å². The van der Waals surface area contributed by atoms with Crippen molar-refractivity contribution in [2.75, 3.05) is 6.26 Å². The van der Waals surface area contributed by atoms with Crippen LogP contribution >= 0.6 is 11.8 Å². The lowest BCUT2D eigenvalue weighted by Crippen LogP contribution is -1.83. The van der Waals surface area contributed by atoms with Gasteiger partial charge in [0.1, 0.15) is 0 Å². The molecule has 0 atom stereocenters. The molecule has 1 heteroatoms. The lowest BCUT2D eigenvalue weighted by atomic mass is 9.98. The SMILES string of the molecule is CSc1ccc(-c2ccccc2)c2ccccc12. The van der Waals surface area contributed by atoms with Crippen molar-refractivity contribution in [2.24, 2.45) is 0 Å². The topological polar surface area (TPSA) is 0 Å². The quantitative estimate of drug-likeness (QED) is 0.561. The summed E-state index contributed by atoms with van der Waals surface area (Å²) in [7, 11) is 0. The van der Waals surface area contributed by atoms with Crippen LogP contribution in [-0.4, -0.2) is 6.26 Å². The second kappa shape index (κ2) is 4.87. The van der Waals surface area contributed by atoms with Gasteiger partial charge in [-0.2, -0.15) is 0 Å². The summed E-state index contributed by atoms with van der Waals surface area (Å²) in [5.41, 5.74) is 2.59. The Kier molecular flexibility index (Phi) is 3.07. The van der Waals surface area contributed by atoms with Crippen molar-refractivity contribution in [3.05, 3.63) is 66.7 Å². The Balaban J connectivity index is 2.32. The first-order chi connectivity index (χ1) is 8.90. The Hall–Kier alpha value is -1.73. The molecule has 0 fully saturated rings. The van der Waals surface area contributed by atoms with Gasteiger partial charge in [0.05, 0.1) is 0 Å². The van der Waals surface area contributed by atoms with E-state index in [1.807, 2.05) is 0 Å². The zero-order valence-electron chi connectivity index (χ0n) is 10.3. The zero-order chi connectivity index (χ0) is 12.4.